The maximum atomic E-state index is 12.7. The number of aromatic nitrogens is 1. The topological polar surface area (TPSA) is 183 Å². The number of phenolic OH excluding ortho intramolecular Hbond substituents is 1. The van der Waals surface area contributed by atoms with Gasteiger partial charge in [-0.05, 0) is 44.2 Å². The van der Waals surface area contributed by atoms with E-state index in [0.29, 0.717) is 22.8 Å². The van der Waals surface area contributed by atoms with Crippen molar-refractivity contribution in [2.75, 3.05) is 18.0 Å². The van der Waals surface area contributed by atoms with Crippen molar-refractivity contribution in [3.8, 4) is 5.75 Å². The highest BCUT2D eigenvalue weighted by molar-refractivity contribution is 7.79. The standard InChI is InChI=1S/C20H24ClN3O4.H2O4S/c1-10(8-22)14-3-2-6-23(14)18-15(25)7-12-17(16(18)21)24(11-4-5-11)9-13(19(12)26)20(27)28;1-5(2,3)4/h7,9-11,14,25H,2-6,8,22H2,1H3,(H,27,28);(H2,1,2,3,4). The maximum absolute atomic E-state index is 12.7. The van der Waals surface area contributed by atoms with Crippen LogP contribution in [0.15, 0.2) is 17.1 Å². The summed E-state index contributed by atoms with van der Waals surface area (Å²) in [6.45, 7) is 3.35. The molecular weight excluding hydrogens is 478 g/mol. The molecule has 0 radical (unpaired) electrons. The molecule has 33 heavy (non-hydrogen) atoms. The predicted molar refractivity (Wildman–Crippen MR) is 123 cm³/mol. The number of nitrogens with two attached hydrogens (primary N) is 1. The number of carbonyl (C=O) groups is 1. The Kier molecular flexibility index (Phi) is 7.24. The molecular formula is C20H26ClN3O8S. The Bertz CT molecular complexity index is 1230. The SMILES string of the molecule is CC(CN)C1CCCN1c1c(O)cc2c(=O)c(C(=O)O)cn(C3CC3)c2c1Cl.O=S(=O)(O)O. The fraction of sp³-hybridized carbons (Fsp3) is 0.500. The highest BCUT2D eigenvalue weighted by Crippen LogP contribution is 2.46. The van der Waals surface area contributed by atoms with Gasteiger partial charge in [-0.15, -0.1) is 0 Å². The largest absolute Gasteiger partial charge is 0.506 e. The van der Waals surface area contributed by atoms with Crippen molar-refractivity contribution in [3.63, 3.8) is 0 Å². The molecule has 11 nitrogen and oxygen atoms in total. The molecule has 1 aromatic heterocycles. The number of pyridine rings is 1. The van der Waals surface area contributed by atoms with Crippen LogP contribution in [0.25, 0.3) is 10.9 Å². The second-order valence-corrected chi connectivity index (χ2v) is 9.61. The molecule has 2 aliphatic rings. The zero-order valence-electron chi connectivity index (χ0n) is 17.8. The number of fused-ring (bicyclic) bond motifs is 1. The molecule has 182 valence electrons. The minimum atomic E-state index is -4.67. The van der Waals surface area contributed by atoms with Crippen LogP contribution >= 0.6 is 11.6 Å². The molecule has 1 saturated carbocycles. The zero-order chi connectivity index (χ0) is 24.7. The summed E-state index contributed by atoms with van der Waals surface area (Å²) in [7, 11) is -4.67. The van der Waals surface area contributed by atoms with Crippen LogP contribution in [0.3, 0.4) is 0 Å². The molecule has 0 spiro atoms. The number of hydrogen-bond acceptors (Lipinski definition) is 7. The van der Waals surface area contributed by atoms with Gasteiger partial charge in [0.05, 0.1) is 15.9 Å². The van der Waals surface area contributed by atoms with Gasteiger partial charge in [-0.1, -0.05) is 18.5 Å². The van der Waals surface area contributed by atoms with E-state index in [1.165, 1.54) is 12.3 Å². The highest BCUT2D eigenvalue weighted by Gasteiger charge is 2.34. The fourth-order valence-electron chi connectivity index (χ4n) is 4.33. The molecule has 4 rings (SSSR count). The van der Waals surface area contributed by atoms with E-state index in [1.807, 2.05) is 0 Å². The summed E-state index contributed by atoms with van der Waals surface area (Å²) in [5.74, 6) is -1.15. The summed E-state index contributed by atoms with van der Waals surface area (Å²) in [5.41, 5.74) is 5.94. The van der Waals surface area contributed by atoms with Crippen LogP contribution in [-0.2, 0) is 10.4 Å². The average molecular weight is 504 g/mol. The molecule has 6 N–H and O–H groups in total. The van der Waals surface area contributed by atoms with Crippen molar-refractivity contribution in [2.24, 2.45) is 11.7 Å². The van der Waals surface area contributed by atoms with Gasteiger partial charge in [0.25, 0.3) is 0 Å². The van der Waals surface area contributed by atoms with Crippen LogP contribution in [0.4, 0.5) is 5.69 Å². The lowest BCUT2D eigenvalue weighted by Crippen LogP contribution is -2.38. The molecule has 2 unspecified atom stereocenters. The lowest BCUT2D eigenvalue weighted by molar-refractivity contribution is 0.0694. The summed E-state index contributed by atoms with van der Waals surface area (Å²) < 4.78 is 33.4. The van der Waals surface area contributed by atoms with Crippen LogP contribution in [0, 0.1) is 5.92 Å². The van der Waals surface area contributed by atoms with Crippen LogP contribution in [-0.4, -0.2) is 57.4 Å². The third-order valence-corrected chi connectivity index (χ3v) is 6.35. The van der Waals surface area contributed by atoms with Crippen LogP contribution in [0.1, 0.15) is 49.0 Å². The highest BCUT2D eigenvalue weighted by atomic mass is 35.5. The molecule has 2 fully saturated rings. The van der Waals surface area contributed by atoms with E-state index in [2.05, 4.69) is 11.8 Å². The lowest BCUT2D eigenvalue weighted by atomic mass is 9.99. The van der Waals surface area contributed by atoms with Crippen molar-refractivity contribution in [3.05, 3.63) is 33.1 Å². The van der Waals surface area contributed by atoms with E-state index in [4.69, 9.17) is 34.9 Å². The van der Waals surface area contributed by atoms with Crippen LogP contribution < -0.4 is 16.1 Å². The Balaban J connectivity index is 0.000000555. The maximum Gasteiger partial charge on any atom is 0.394 e. The van der Waals surface area contributed by atoms with Crippen LogP contribution in [0.2, 0.25) is 5.02 Å². The van der Waals surface area contributed by atoms with Crippen molar-refractivity contribution in [1.29, 1.82) is 0 Å². The van der Waals surface area contributed by atoms with E-state index >= 15 is 0 Å². The summed E-state index contributed by atoms with van der Waals surface area (Å²) >= 11 is 6.78. The first-order valence-electron chi connectivity index (χ1n) is 10.3. The number of carboxylic acid groups (broad SMARTS) is 1. The fourth-order valence-corrected chi connectivity index (χ4v) is 4.74. The van der Waals surface area contributed by atoms with Crippen molar-refractivity contribution in [2.45, 2.75) is 44.7 Å². The quantitative estimate of drug-likeness (QED) is 0.379. The first-order valence-corrected chi connectivity index (χ1v) is 12.1. The second-order valence-electron chi connectivity index (χ2n) is 8.33. The van der Waals surface area contributed by atoms with E-state index in [9.17, 15) is 19.8 Å². The summed E-state index contributed by atoms with van der Waals surface area (Å²) in [6, 6.07) is 1.64. The Morgan fingerprint density at radius 1 is 1.30 bits per heavy atom. The average Bonchev–Trinajstić information content (AvgIpc) is 3.44. The molecule has 13 heteroatoms. The van der Waals surface area contributed by atoms with Crippen molar-refractivity contribution in [1.82, 2.24) is 4.57 Å². The van der Waals surface area contributed by atoms with E-state index < -0.39 is 21.8 Å². The third-order valence-electron chi connectivity index (χ3n) is 6.00. The monoisotopic (exact) mass is 503 g/mol. The second kappa shape index (κ2) is 9.47. The van der Waals surface area contributed by atoms with Gasteiger partial charge in [0.1, 0.15) is 17.0 Å². The summed E-state index contributed by atoms with van der Waals surface area (Å²) in [4.78, 5) is 26.3. The lowest BCUT2D eigenvalue weighted by Gasteiger charge is -2.32. The minimum Gasteiger partial charge on any atom is -0.506 e. The number of benzene rings is 1. The first-order chi connectivity index (χ1) is 15.3. The zero-order valence-corrected chi connectivity index (χ0v) is 19.4. The van der Waals surface area contributed by atoms with Gasteiger partial charge in [-0.2, -0.15) is 8.42 Å². The normalized spacial score (nSPS) is 19.3. The number of phenols is 1. The first kappa shape index (κ1) is 25.2. The predicted octanol–water partition coefficient (Wildman–Crippen LogP) is 2.30. The molecule has 1 aromatic carbocycles. The number of anilines is 1. The van der Waals surface area contributed by atoms with Crippen LogP contribution in [0.5, 0.6) is 5.75 Å². The van der Waals surface area contributed by atoms with Gasteiger partial charge in [-0.3, -0.25) is 13.9 Å². The van der Waals surface area contributed by atoms with Gasteiger partial charge in [-0.25, -0.2) is 4.79 Å². The number of carboxylic acids is 1. The minimum absolute atomic E-state index is 0.101. The molecule has 0 bridgehead atoms. The van der Waals surface area contributed by atoms with E-state index in [1.54, 1.807) is 4.57 Å². The molecule has 1 saturated heterocycles. The molecule has 1 aliphatic heterocycles. The summed E-state index contributed by atoms with van der Waals surface area (Å²) in [6.07, 6.45) is 5.12. The number of rotatable bonds is 5. The van der Waals surface area contributed by atoms with Gasteiger partial charge in [0.15, 0.2) is 0 Å². The van der Waals surface area contributed by atoms with Gasteiger partial charge in [0.2, 0.25) is 5.43 Å². The number of aromatic carboxylic acids is 1. The Morgan fingerprint density at radius 2 is 1.91 bits per heavy atom. The number of halogens is 1. The molecule has 2 heterocycles. The van der Waals surface area contributed by atoms with E-state index in [-0.39, 0.29) is 34.7 Å². The van der Waals surface area contributed by atoms with Gasteiger partial charge >= 0.3 is 16.4 Å². The number of nitrogens with zero attached hydrogens (tertiary/aromatic N) is 2. The van der Waals surface area contributed by atoms with E-state index in [0.717, 1.165) is 32.2 Å². The Morgan fingerprint density at radius 3 is 2.42 bits per heavy atom. The van der Waals surface area contributed by atoms with Crippen molar-refractivity contribution >= 4 is 44.6 Å². The summed E-state index contributed by atoms with van der Waals surface area (Å²) in [5, 5.41) is 20.6. The Hall–Kier alpha value is -2.38. The van der Waals surface area contributed by atoms with Gasteiger partial charge in [0, 0.05) is 24.8 Å². The van der Waals surface area contributed by atoms with Gasteiger partial charge < -0.3 is 25.4 Å². The molecule has 1 aliphatic carbocycles. The Labute approximate surface area is 194 Å². The molecule has 2 atom stereocenters. The smallest absolute Gasteiger partial charge is 0.394 e. The van der Waals surface area contributed by atoms with Crippen molar-refractivity contribution < 1.29 is 32.5 Å². The third kappa shape index (κ3) is 5.41. The molecule has 0 amide bonds. The molecule has 2 aromatic rings. The number of hydrogen-bond donors (Lipinski definition) is 5. The number of aromatic hydroxyl groups is 1.